The van der Waals surface area contributed by atoms with Crippen molar-refractivity contribution in [3.8, 4) is 11.5 Å². The minimum atomic E-state index is 0.430. The molecular weight excluding hydrogens is 358 g/mol. The molecule has 0 aromatic heterocycles. The summed E-state index contributed by atoms with van der Waals surface area (Å²) in [6.07, 6.45) is 1.66. The number of hydrazone groups is 1. The van der Waals surface area contributed by atoms with E-state index in [1.165, 1.54) is 0 Å². The molecule has 0 unspecified atom stereocenters. The molecule has 0 bridgehead atoms. The van der Waals surface area contributed by atoms with Gasteiger partial charge in [0.1, 0.15) is 6.61 Å². The maximum absolute atomic E-state index is 5.88. The first-order chi connectivity index (χ1) is 12.1. The number of hydrogen-bond acceptors (Lipinski definition) is 4. The Kier molecular flexibility index (Phi) is 7.50. The van der Waals surface area contributed by atoms with Crippen molar-refractivity contribution in [3.63, 3.8) is 0 Å². The highest BCUT2D eigenvalue weighted by Gasteiger charge is 2.06. The van der Waals surface area contributed by atoms with E-state index in [9.17, 15) is 0 Å². The molecule has 2 rings (SSSR count). The van der Waals surface area contributed by atoms with E-state index in [1.807, 2.05) is 49.4 Å². The van der Waals surface area contributed by atoms with Gasteiger partial charge in [0.25, 0.3) is 0 Å². The molecule has 0 amide bonds. The van der Waals surface area contributed by atoms with Crippen LogP contribution >= 0.6 is 23.8 Å². The Morgan fingerprint density at radius 2 is 1.96 bits per heavy atom. The second kappa shape index (κ2) is 9.86. The van der Waals surface area contributed by atoms with Gasteiger partial charge < -0.3 is 14.8 Å². The van der Waals surface area contributed by atoms with Crippen LogP contribution in [0.2, 0.25) is 5.02 Å². The Labute approximate surface area is 158 Å². The molecule has 0 fully saturated rings. The normalized spacial score (nSPS) is 10.5. The van der Waals surface area contributed by atoms with Crippen molar-refractivity contribution in [2.45, 2.75) is 13.5 Å². The summed E-state index contributed by atoms with van der Waals surface area (Å²) < 4.78 is 11.2. The van der Waals surface area contributed by atoms with E-state index < -0.39 is 0 Å². The molecule has 0 atom stereocenters. The van der Waals surface area contributed by atoms with E-state index in [2.05, 4.69) is 15.8 Å². The number of nitrogens with zero attached hydrogens (tertiary/aromatic N) is 1. The van der Waals surface area contributed by atoms with Crippen LogP contribution in [-0.2, 0) is 6.61 Å². The van der Waals surface area contributed by atoms with E-state index in [0.29, 0.717) is 28.2 Å². The lowest BCUT2D eigenvalue weighted by atomic mass is 10.2. The molecule has 0 heterocycles. The summed E-state index contributed by atoms with van der Waals surface area (Å²) in [6.45, 7) is 3.14. The number of benzene rings is 2. The molecule has 5 nitrogen and oxygen atoms in total. The highest BCUT2D eigenvalue weighted by molar-refractivity contribution is 7.80. The average Bonchev–Trinajstić information content (AvgIpc) is 2.62. The zero-order valence-electron chi connectivity index (χ0n) is 14.1. The summed E-state index contributed by atoms with van der Waals surface area (Å²) in [4.78, 5) is 0. The van der Waals surface area contributed by atoms with Crippen molar-refractivity contribution in [1.82, 2.24) is 10.7 Å². The Hall–Kier alpha value is -2.31. The van der Waals surface area contributed by atoms with Crippen LogP contribution in [0.25, 0.3) is 0 Å². The van der Waals surface area contributed by atoms with Crippen molar-refractivity contribution >= 4 is 35.1 Å². The number of methoxy groups -OCH3 is 1. The molecule has 0 saturated heterocycles. The number of ether oxygens (including phenoxy) is 2. The number of rotatable bonds is 7. The monoisotopic (exact) mass is 377 g/mol. The summed E-state index contributed by atoms with van der Waals surface area (Å²) in [6, 6.07) is 13.1. The highest BCUT2D eigenvalue weighted by atomic mass is 35.5. The van der Waals surface area contributed by atoms with E-state index >= 15 is 0 Å². The van der Waals surface area contributed by atoms with Gasteiger partial charge in [-0.05, 0) is 60.6 Å². The van der Waals surface area contributed by atoms with E-state index in [1.54, 1.807) is 13.3 Å². The lowest BCUT2D eigenvalue weighted by Gasteiger charge is -2.11. The lowest BCUT2D eigenvalue weighted by molar-refractivity contribution is 0.284. The van der Waals surface area contributed by atoms with Crippen molar-refractivity contribution < 1.29 is 9.47 Å². The maximum Gasteiger partial charge on any atom is 0.186 e. The van der Waals surface area contributed by atoms with Crippen LogP contribution in [0.5, 0.6) is 11.5 Å². The van der Waals surface area contributed by atoms with Crippen LogP contribution in [0.4, 0.5) is 0 Å². The number of nitrogens with one attached hydrogen (secondary N) is 2. The molecule has 0 aliphatic carbocycles. The van der Waals surface area contributed by atoms with Gasteiger partial charge in [-0.25, -0.2) is 0 Å². The van der Waals surface area contributed by atoms with Crippen LogP contribution in [-0.4, -0.2) is 25.0 Å². The molecule has 0 spiro atoms. The van der Waals surface area contributed by atoms with Gasteiger partial charge in [0, 0.05) is 11.6 Å². The van der Waals surface area contributed by atoms with Gasteiger partial charge in [0.15, 0.2) is 16.6 Å². The van der Waals surface area contributed by atoms with Gasteiger partial charge in [-0.2, -0.15) is 5.10 Å². The fourth-order valence-electron chi connectivity index (χ4n) is 1.99. The Morgan fingerprint density at radius 3 is 2.64 bits per heavy atom. The maximum atomic E-state index is 5.88. The molecule has 0 aliphatic rings. The topological polar surface area (TPSA) is 54.9 Å². The van der Waals surface area contributed by atoms with Gasteiger partial charge in [-0.15, -0.1) is 0 Å². The van der Waals surface area contributed by atoms with Gasteiger partial charge in [0.05, 0.1) is 13.3 Å². The summed E-state index contributed by atoms with van der Waals surface area (Å²) in [7, 11) is 1.60. The molecule has 2 aromatic rings. The molecule has 132 valence electrons. The molecule has 0 saturated carbocycles. The third kappa shape index (κ3) is 6.25. The fraction of sp³-hybridized carbons (Fsp3) is 0.222. The molecule has 0 aliphatic heterocycles. The van der Waals surface area contributed by atoms with Crippen molar-refractivity contribution in [2.75, 3.05) is 13.7 Å². The Morgan fingerprint density at radius 1 is 1.20 bits per heavy atom. The third-order valence-electron chi connectivity index (χ3n) is 3.21. The summed E-state index contributed by atoms with van der Waals surface area (Å²) >= 11 is 10.9. The molecular formula is C18H20ClN3O2S. The minimum Gasteiger partial charge on any atom is -0.493 e. The molecule has 2 aromatic carbocycles. The number of thiocarbonyl (C=S) groups is 1. The van der Waals surface area contributed by atoms with Gasteiger partial charge in [0.2, 0.25) is 0 Å². The van der Waals surface area contributed by atoms with Gasteiger partial charge >= 0.3 is 0 Å². The second-order valence-corrected chi connectivity index (χ2v) is 5.90. The average molecular weight is 378 g/mol. The van der Waals surface area contributed by atoms with Gasteiger partial charge in [-0.1, -0.05) is 23.7 Å². The summed E-state index contributed by atoms with van der Waals surface area (Å²) in [5, 5.41) is 8.21. The summed E-state index contributed by atoms with van der Waals surface area (Å²) in [5.41, 5.74) is 4.63. The first-order valence-electron chi connectivity index (χ1n) is 7.74. The number of hydrogen-bond donors (Lipinski definition) is 2. The highest BCUT2D eigenvalue weighted by Crippen LogP contribution is 2.28. The molecule has 2 N–H and O–H groups in total. The SMILES string of the molecule is CCNC(=S)NN=Cc1ccc(OCc2ccc(Cl)cc2)c(OC)c1. The van der Waals surface area contributed by atoms with Crippen LogP contribution in [0.15, 0.2) is 47.6 Å². The Bertz CT molecular complexity index is 736. The smallest absolute Gasteiger partial charge is 0.186 e. The fourth-order valence-corrected chi connectivity index (χ4v) is 2.31. The third-order valence-corrected chi connectivity index (χ3v) is 3.70. The van der Waals surface area contributed by atoms with Crippen molar-refractivity contribution in [3.05, 3.63) is 58.6 Å². The van der Waals surface area contributed by atoms with E-state index in [0.717, 1.165) is 17.7 Å². The largest absolute Gasteiger partial charge is 0.493 e. The predicted octanol–water partition coefficient (Wildman–Crippen LogP) is 3.75. The lowest BCUT2D eigenvalue weighted by Crippen LogP contribution is -2.31. The summed E-state index contributed by atoms with van der Waals surface area (Å²) in [5.74, 6) is 1.29. The van der Waals surface area contributed by atoms with Crippen LogP contribution in [0.3, 0.4) is 0 Å². The first kappa shape index (κ1) is 19.0. The molecule has 25 heavy (non-hydrogen) atoms. The first-order valence-corrected chi connectivity index (χ1v) is 8.53. The second-order valence-electron chi connectivity index (χ2n) is 5.05. The van der Waals surface area contributed by atoms with Crippen LogP contribution in [0.1, 0.15) is 18.1 Å². The Balaban J connectivity index is 1.99. The van der Waals surface area contributed by atoms with Crippen molar-refractivity contribution in [2.24, 2.45) is 5.10 Å². The number of halogens is 1. The predicted molar refractivity (Wildman–Crippen MR) is 106 cm³/mol. The van der Waals surface area contributed by atoms with Gasteiger partial charge in [-0.3, -0.25) is 5.43 Å². The van der Waals surface area contributed by atoms with E-state index in [4.69, 9.17) is 33.3 Å². The zero-order valence-corrected chi connectivity index (χ0v) is 15.7. The molecule has 0 radical (unpaired) electrons. The van der Waals surface area contributed by atoms with Crippen LogP contribution in [0, 0.1) is 0 Å². The quantitative estimate of drug-likeness (QED) is 0.437. The van der Waals surface area contributed by atoms with Crippen molar-refractivity contribution in [1.29, 1.82) is 0 Å². The standard InChI is InChI=1S/C18H20ClN3O2S/c1-3-20-18(25)22-21-11-14-6-9-16(17(10-14)23-2)24-12-13-4-7-15(19)8-5-13/h4-11H,3,12H2,1-2H3,(H2,20,22,25). The minimum absolute atomic E-state index is 0.430. The molecule has 7 heteroatoms. The van der Waals surface area contributed by atoms with E-state index in [-0.39, 0.29) is 0 Å². The zero-order chi connectivity index (χ0) is 18.1. The van der Waals surface area contributed by atoms with Crippen LogP contribution < -0.4 is 20.2 Å².